The standard InChI is InChI=1S/C14H20N2/c1-4-16(9-5-8-15)11-14-10-12(2)6-7-13(14)3/h6-7,10H,4-5,9,11H2,1-3H3. The lowest BCUT2D eigenvalue weighted by Crippen LogP contribution is -2.24. The van der Waals surface area contributed by atoms with Gasteiger partial charge in [0.25, 0.3) is 0 Å². The molecule has 0 saturated heterocycles. The Kier molecular flexibility index (Phi) is 5.01. The van der Waals surface area contributed by atoms with E-state index in [0.29, 0.717) is 6.42 Å². The number of hydrogen-bond donors (Lipinski definition) is 0. The summed E-state index contributed by atoms with van der Waals surface area (Å²) >= 11 is 0. The first-order valence-electron chi connectivity index (χ1n) is 5.82. The van der Waals surface area contributed by atoms with Crippen LogP contribution >= 0.6 is 0 Å². The molecule has 0 aliphatic rings. The topological polar surface area (TPSA) is 27.0 Å². The van der Waals surface area contributed by atoms with E-state index in [4.69, 9.17) is 5.26 Å². The van der Waals surface area contributed by atoms with Crippen LogP contribution in [0.3, 0.4) is 0 Å². The van der Waals surface area contributed by atoms with E-state index in [1.807, 2.05) is 0 Å². The van der Waals surface area contributed by atoms with E-state index < -0.39 is 0 Å². The minimum Gasteiger partial charge on any atom is -0.298 e. The van der Waals surface area contributed by atoms with Gasteiger partial charge in [0.2, 0.25) is 0 Å². The molecule has 0 atom stereocenters. The molecule has 1 rings (SSSR count). The Morgan fingerprint density at radius 3 is 2.69 bits per heavy atom. The molecule has 0 saturated carbocycles. The van der Waals surface area contributed by atoms with Gasteiger partial charge in [-0.15, -0.1) is 0 Å². The van der Waals surface area contributed by atoms with Crippen LogP contribution in [0.4, 0.5) is 0 Å². The van der Waals surface area contributed by atoms with E-state index in [-0.39, 0.29) is 0 Å². The Morgan fingerprint density at radius 1 is 1.31 bits per heavy atom. The second-order valence-corrected chi connectivity index (χ2v) is 4.21. The summed E-state index contributed by atoms with van der Waals surface area (Å²) < 4.78 is 0. The molecule has 0 bridgehead atoms. The molecule has 1 aromatic carbocycles. The molecule has 86 valence electrons. The molecule has 1 aromatic rings. The number of aryl methyl sites for hydroxylation is 2. The predicted octanol–water partition coefficient (Wildman–Crippen LogP) is 3.04. The summed E-state index contributed by atoms with van der Waals surface area (Å²) in [5, 5.41) is 8.60. The van der Waals surface area contributed by atoms with E-state index in [1.54, 1.807) is 0 Å². The third kappa shape index (κ3) is 3.67. The number of rotatable bonds is 5. The Bertz CT molecular complexity index is 377. The zero-order valence-corrected chi connectivity index (χ0v) is 10.5. The lowest BCUT2D eigenvalue weighted by atomic mass is 10.1. The molecule has 0 aliphatic heterocycles. The lowest BCUT2D eigenvalue weighted by molar-refractivity contribution is 0.286. The fourth-order valence-electron chi connectivity index (χ4n) is 1.77. The maximum Gasteiger partial charge on any atom is 0.0635 e. The summed E-state index contributed by atoms with van der Waals surface area (Å²) in [7, 11) is 0. The zero-order valence-electron chi connectivity index (χ0n) is 10.5. The van der Waals surface area contributed by atoms with Crippen LogP contribution in [0.25, 0.3) is 0 Å². The third-order valence-electron chi connectivity index (χ3n) is 2.89. The average Bonchev–Trinajstić information content (AvgIpc) is 2.28. The van der Waals surface area contributed by atoms with Gasteiger partial charge in [0.1, 0.15) is 0 Å². The second kappa shape index (κ2) is 6.30. The Morgan fingerprint density at radius 2 is 2.06 bits per heavy atom. The molecule has 0 heterocycles. The van der Waals surface area contributed by atoms with Crippen LogP contribution in [0.5, 0.6) is 0 Å². The van der Waals surface area contributed by atoms with Crippen molar-refractivity contribution in [1.82, 2.24) is 4.90 Å². The SMILES string of the molecule is CCN(CCC#N)Cc1cc(C)ccc1C. The normalized spacial score (nSPS) is 10.4. The number of nitrogens with zero attached hydrogens (tertiary/aromatic N) is 2. The highest BCUT2D eigenvalue weighted by Gasteiger charge is 2.05. The van der Waals surface area contributed by atoms with Crippen LogP contribution in [0.2, 0.25) is 0 Å². The van der Waals surface area contributed by atoms with Gasteiger partial charge in [-0.25, -0.2) is 0 Å². The number of hydrogen-bond acceptors (Lipinski definition) is 2. The molecular weight excluding hydrogens is 196 g/mol. The van der Waals surface area contributed by atoms with Crippen molar-refractivity contribution in [3.63, 3.8) is 0 Å². The summed E-state index contributed by atoms with van der Waals surface area (Å²) in [6, 6.07) is 8.76. The van der Waals surface area contributed by atoms with E-state index in [2.05, 4.69) is 49.9 Å². The predicted molar refractivity (Wildman–Crippen MR) is 67.1 cm³/mol. The monoisotopic (exact) mass is 216 g/mol. The summed E-state index contributed by atoms with van der Waals surface area (Å²) in [6.45, 7) is 9.21. The van der Waals surface area contributed by atoms with Crippen LogP contribution in [-0.4, -0.2) is 18.0 Å². The van der Waals surface area contributed by atoms with Gasteiger partial charge < -0.3 is 0 Å². The van der Waals surface area contributed by atoms with Gasteiger partial charge in [-0.3, -0.25) is 4.90 Å². The number of nitriles is 1. The molecule has 0 aromatic heterocycles. The largest absolute Gasteiger partial charge is 0.298 e. The molecule has 16 heavy (non-hydrogen) atoms. The minimum atomic E-state index is 0.610. The first-order valence-corrected chi connectivity index (χ1v) is 5.82. The average molecular weight is 216 g/mol. The Labute approximate surface area is 98.5 Å². The first-order chi connectivity index (χ1) is 7.67. The highest BCUT2D eigenvalue weighted by molar-refractivity contribution is 5.30. The van der Waals surface area contributed by atoms with Crippen molar-refractivity contribution in [2.45, 2.75) is 33.7 Å². The lowest BCUT2D eigenvalue weighted by Gasteiger charge is -2.20. The smallest absolute Gasteiger partial charge is 0.0635 e. The van der Waals surface area contributed by atoms with E-state index >= 15 is 0 Å². The van der Waals surface area contributed by atoms with Crippen molar-refractivity contribution < 1.29 is 0 Å². The van der Waals surface area contributed by atoms with Crippen LogP contribution in [0.1, 0.15) is 30.0 Å². The summed E-state index contributed by atoms with van der Waals surface area (Å²) in [4.78, 5) is 2.31. The van der Waals surface area contributed by atoms with Crippen LogP contribution in [0.15, 0.2) is 18.2 Å². The molecule has 0 radical (unpaired) electrons. The van der Waals surface area contributed by atoms with Crippen molar-refractivity contribution >= 4 is 0 Å². The molecule has 0 N–H and O–H groups in total. The van der Waals surface area contributed by atoms with Gasteiger partial charge in [-0.2, -0.15) is 5.26 Å². The van der Waals surface area contributed by atoms with Gasteiger partial charge in [0.15, 0.2) is 0 Å². The molecule has 0 amide bonds. The highest BCUT2D eigenvalue weighted by atomic mass is 15.1. The molecule has 0 fully saturated rings. The van der Waals surface area contributed by atoms with Crippen molar-refractivity contribution in [2.75, 3.05) is 13.1 Å². The highest BCUT2D eigenvalue weighted by Crippen LogP contribution is 2.13. The van der Waals surface area contributed by atoms with Gasteiger partial charge in [0.05, 0.1) is 6.07 Å². The van der Waals surface area contributed by atoms with Crippen molar-refractivity contribution in [3.05, 3.63) is 34.9 Å². The molecule has 0 aliphatic carbocycles. The summed E-state index contributed by atoms with van der Waals surface area (Å²) in [6.07, 6.45) is 0.610. The van der Waals surface area contributed by atoms with Crippen LogP contribution < -0.4 is 0 Å². The minimum absolute atomic E-state index is 0.610. The molecule has 2 nitrogen and oxygen atoms in total. The van der Waals surface area contributed by atoms with Gasteiger partial charge in [-0.1, -0.05) is 30.7 Å². The van der Waals surface area contributed by atoms with Crippen molar-refractivity contribution in [1.29, 1.82) is 5.26 Å². The van der Waals surface area contributed by atoms with E-state index in [9.17, 15) is 0 Å². The molecular formula is C14H20N2. The van der Waals surface area contributed by atoms with Gasteiger partial charge in [-0.05, 0) is 31.5 Å². The zero-order chi connectivity index (χ0) is 12.0. The fraction of sp³-hybridized carbons (Fsp3) is 0.500. The van der Waals surface area contributed by atoms with E-state index in [1.165, 1.54) is 16.7 Å². The molecule has 2 heteroatoms. The van der Waals surface area contributed by atoms with E-state index in [0.717, 1.165) is 19.6 Å². The van der Waals surface area contributed by atoms with Crippen molar-refractivity contribution in [2.24, 2.45) is 0 Å². The Hall–Kier alpha value is -1.33. The van der Waals surface area contributed by atoms with Gasteiger partial charge in [0, 0.05) is 19.5 Å². The van der Waals surface area contributed by atoms with Gasteiger partial charge >= 0.3 is 0 Å². The second-order valence-electron chi connectivity index (χ2n) is 4.21. The number of benzene rings is 1. The third-order valence-corrected chi connectivity index (χ3v) is 2.89. The van der Waals surface area contributed by atoms with Crippen LogP contribution in [-0.2, 0) is 6.54 Å². The summed E-state index contributed by atoms with van der Waals surface area (Å²) in [5.74, 6) is 0. The molecule has 0 spiro atoms. The van der Waals surface area contributed by atoms with Crippen molar-refractivity contribution in [3.8, 4) is 6.07 Å². The molecule has 0 unspecified atom stereocenters. The summed E-state index contributed by atoms with van der Waals surface area (Å²) in [5.41, 5.74) is 4.01. The maximum absolute atomic E-state index is 8.60. The Balaban J connectivity index is 2.70. The fourth-order valence-corrected chi connectivity index (χ4v) is 1.77. The van der Waals surface area contributed by atoms with Crippen LogP contribution in [0, 0.1) is 25.2 Å². The first kappa shape index (κ1) is 12.7. The quantitative estimate of drug-likeness (QED) is 0.756. The maximum atomic E-state index is 8.60.